The maximum absolute atomic E-state index is 13.6. The number of hydrogen-bond acceptors (Lipinski definition) is 5. The van der Waals surface area contributed by atoms with Gasteiger partial charge in [0, 0.05) is 6.20 Å². The molecule has 6 nitrogen and oxygen atoms in total. The lowest BCUT2D eigenvalue weighted by Gasteiger charge is -2.12. The van der Waals surface area contributed by atoms with Crippen molar-refractivity contribution < 1.29 is 8.78 Å². The molecule has 3 heterocycles. The summed E-state index contributed by atoms with van der Waals surface area (Å²) in [7, 11) is 0. The first-order valence-corrected chi connectivity index (χ1v) is 8.77. The van der Waals surface area contributed by atoms with E-state index in [9.17, 15) is 8.78 Å². The topological polar surface area (TPSA) is 72.3 Å². The molecule has 0 spiro atoms. The normalized spacial score (nSPS) is 12.8. The highest BCUT2D eigenvalue weighted by atomic mass is 32.2. The van der Waals surface area contributed by atoms with Gasteiger partial charge in [-0.2, -0.15) is 13.8 Å². The Morgan fingerprint density at radius 1 is 1.08 bits per heavy atom. The predicted molar refractivity (Wildman–Crippen MR) is 94.9 cm³/mol. The van der Waals surface area contributed by atoms with Crippen molar-refractivity contribution in [2.24, 2.45) is 0 Å². The maximum Gasteiger partial charge on any atom is 0.320 e. The second-order valence-electron chi connectivity index (χ2n) is 5.55. The zero-order valence-electron chi connectivity index (χ0n) is 13.7. The fraction of sp³-hybridized carbons (Fsp3) is 0.176. The number of para-hydroxylation sites is 2. The first-order valence-electron chi connectivity index (χ1n) is 7.89. The molecular formula is C17H14F2N6S. The molecule has 0 bridgehead atoms. The molecule has 9 heteroatoms. The molecule has 26 heavy (non-hydrogen) atoms. The molecule has 0 radical (unpaired) electrons. The number of benzene rings is 1. The number of pyridine rings is 1. The van der Waals surface area contributed by atoms with Crippen LogP contribution in [0.2, 0.25) is 0 Å². The van der Waals surface area contributed by atoms with Crippen LogP contribution in [0.3, 0.4) is 0 Å². The molecule has 1 N–H and O–H groups in total. The molecule has 0 saturated carbocycles. The van der Waals surface area contributed by atoms with Crippen molar-refractivity contribution in [2.45, 2.75) is 23.9 Å². The summed E-state index contributed by atoms with van der Waals surface area (Å²) in [4.78, 5) is 13.0. The van der Waals surface area contributed by atoms with Gasteiger partial charge in [-0.15, -0.1) is 5.10 Å². The van der Waals surface area contributed by atoms with E-state index in [1.807, 2.05) is 25.1 Å². The second-order valence-corrected chi connectivity index (χ2v) is 6.86. The number of nitrogens with one attached hydrogen (secondary N) is 1. The van der Waals surface area contributed by atoms with Gasteiger partial charge in [-0.3, -0.25) is 14.6 Å². The number of halogens is 2. The maximum atomic E-state index is 13.6. The lowest BCUT2D eigenvalue weighted by atomic mass is 10.3. The SMILES string of the molecule is CC(Sc1n[nH]c(-c2ccccn2)n1)c1nc2ccccc2n1C(F)F. The number of H-pyrrole nitrogens is 1. The van der Waals surface area contributed by atoms with Gasteiger partial charge >= 0.3 is 6.55 Å². The van der Waals surface area contributed by atoms with Crippen LogP contribution in [0.15, 0.2) is 53.8 Å². The van der Waals surface area contributed by atoms with Crippen LogP contribution in [-0.4, -0.2) is 29.7 Å². The highest BCUT2D eigenvalue weighted by molar-refractivity contribution is 7.99. The zero-order chi connectivity index (χ0) is 18.1. The Hall–Kier alpha value is -2.81. The molecule has 0 saturated heterocycles. The third-order valence-electron chi connectivity index (χ3n) is 3.84. The van der Waals surface area contributed by atoms with Gasteiger partial charge in [-0.05, 0) is 31.2 Å². The van der Waals surface area contributed by atoms with E-state index in [0.29, 0.717) is 27.7 Å². The third kappa shape index (κ3) is 3.05. The van der Waals surface area contributed by atoms with E-state index in [4.69, 9.17) is 0 Å². The molecule has 0 aliphatic carbocycles. The highest BCUT2D eigenvalue weighted by Crippen LogP contribution is 2.36. The quantitative estimate of drug-likeness (QED) is 0.524. The van der Waals surface area contributed by atoms with Gasteiger partial charge in [0.25, 0.3) is 0 Å². The number of imidazole rings is 1. The van der Waals surface area contributed by atoms with Crippen LogP contribution in [0.25, 0.3) is 22.6 Å². The summed E-state index contributed by atoms with van der Waals surface area (Å²) >= 11 is 1.26. The molecule has 1 aromatic carbocycles. The van der Waals surface area contributed by atoms with E-state index < -0.39 is 6.55 Å². The minimum Gasteiger partial charge on any atom is -0.269 e. The average molecular weight is 372 g/mol. The zero-order valence-corrected chi connectivity index (χ0v) is 14.5. The van der Waals surface area contributed by atoms with Gasteiger partial charge in [-0.25, -0.2) is 4.98 Å². The van der Waals surface area contributed by atoms with Gasteiger partial charge in [-0.1, -0.05) is 30.0 Å². The number of aromatic nitrogens is 6. The van der Waals surface area contributed by atoms with E-state index >= 15 is 0 Å². The van der Waals surface area contributed by atoms with Crippen molar-refractivity contribution in [2.75, 3.05) is 0 Å². The number of nitrogens with zero attached hydrogens (tertiary/aromatic N) is 5. The summed E-state index contributed by atoms with van der Waals surface area (Å²) in [6.07, 6.45) is 1.66. The van der Waals surface area contributed by atoms with Crippen molar-refractivity contribution in [3.8, 4) is 11.5 Å². The fourth-order valence-electron chi connectivity index (χ4n) is 2.68. The van der Waals surface area contributed by atoms with Crippen LogP contribution >= 0.6 is 11.8 Å². The van der Waals surface area contributed by atoms with Crippen molar-refractivity contribution >= 4 is 22.8 Å². The monoisotopic (exact) mass is 372 g/mol. The largest absolute Gasteiger partial charge is 0.320 e. The third-order valence-corrected chi connectivity index (χ3v) is 4.79. The highest BCUT2D eigenvalue weighted by Gasteiger charge is 2.23. The van der Waals surface area contributed by atoms with Crippen LogP contribution in [0.1, 0.15) is 24.5 Å². The van der Waals surface area contributed by atoms with E-state index in [0.717, 1.165) is 4.57 Å². The van der Waals surface area contributed by atoms with Gasteiger partial charge in [0.1, 0.15) is 11.5 Å². The van der Waals surface area contributed by atoms with E-state index in [2.05, 4.69) is 25.1 Å². The molecule has 4 aromatic rings. The Morgan fingerprint density at radius 2 is 1.88 bits per heavy atom. The van der Waals surface area contributed by atoms with E-state index in [1.54, 1.807) is 30.5 Å². The minimum absolute atomic E-state index is 0.287. The molecule has 0 aliphatic heterocycles. The number of aromatic amines is 1. The Bertz CT molecular complexity index is 1030. The smallest absolute Gasteiger partial charge is 0.269 e. The Kier molecular flexibility index (Phi) is 4.37. The number of alkyl halides is 2. The van der Waals surface area contributed by atoms with Crippen LogP contribution in [0, 0.1) is 0 Å². The molecule has 1 atom stereocenters. The Labute approximate surface area is 151 Å². The fourth-order valence-corrected chi connectivity index (χ4v) is 3.51. The first-order chi connectivity index (χ1) is 12.6. The molecule has 0 aliphatic rings. The number of fused-ring (bicyclic) bond motifs is 1. The standard InChI is InChI=1S/C17H14F2N6S/c1-10(15-21-11-6-2-3-8-13(11)25(15)16(18)19)26-17-22-14(23-24-17)12-7-4-5-9-20-12/h2-10,16H,1H3,(H,22,23,24). The Morgan fingerprint density at radius 3 is 2.65 bits per heavy atom. The lowest BCUT2D eigenvalue weighted by molar-refractivity contribution is 0.0715. The van der Waals surface area contributed by atoms with E-state index in [1.165, 1.54) is 11.8 Å². The Balaban J connectivity index is 1.63. The molecule has 4 rings (SSSR count). The first kappa shape index (κ1) is 16.6. The van der Waals surface area contributed by atoms with E-state index in [-0.39, 0.29) is 11.1 Å². The van der Waals surface area contributed by atoms with Crippen molar-refractivity contribution in [3.63, 3.8) is 0 Å². The number of rotatable bonds is 5. The van der Waals surface area contributed by atoms with Crippen LogP contribution in [-0.2, 0) is 0 Å². The van der Waals surface area contributed by atoms with Gasteiger partial charge in [0.2, 0.25) is 5.16 Å². The lowest BCUT2D eigenvalue weighted by Crippen LogP contribution is -2.06. The summed E-state index contributed by atoms with van der Waals surface area (Å²) in [5.74, 6) is 0.818. The molecule has 1 unspecified atom stereocenters. The molecule has 0 fully saturated rings. The number of hydrogen-bond donors (Lipinski definition) is 1. The van der Waals surface area contributed by atoms with Gasteiger partial charge < -0.3 is 0 Å². The van der Waals surface area contributed by atoms with Crippen LogP contribution in [0.4, 0.5) is 8.78 Å². The summed E-state index contributed by atoms with van der Waals surface area (Å²) in [5.41, 5.74) is 1.62. The average Bonchev–Trinajstić information content (AvgIpc) is 3.27. The number of thioether (sulfide) groups is 1. The van der Waals surface area contributed by atoms with Gasteiger partial charge in [0.05, 0.1) is 16.3 Å². The molecule has 0 amide bonds. The van der Waals surface area contributed by atoms with Crippen molar-refractivity contribution in [3.05, 3.63) is 54.5 Å². The molecule has 3 aromatic heterocycles. The molecule has 132 valence electrons. The summed E-state index contributed by atoms with van der Waals surface area (Å²) in [6.45, 7) is -0.863. The molecular weight excluding hydrogens is 358 g/mol. The van der Waals surface area contributed by atoms with Crippen molar-refractivity contribution in [1.29, 1.82) is 0 Å². The summed E-state index contributed by atoms with van der Waals surface area (Å²) < 4.78 is 28.1. The second kappa shape index (κ2) is 6.83. The summed E-state index contributed by atoms with van der Waals surface area (Å²) in [6, 6.07) is 12.3. The minimum atomic E-state index is -2.67. The van der Waals surface area contributed by atoms with Crippen molar-refractivity contribution in [1.82, 2.24) is 29.7 Å². The predicted octanol–water partition coefficient (Wildman–Crippen LogP) is 4.46. The summed E-state index contributed by atoms with van der Waals surface area (Å²) in [5, 5.41) is 7.06. The van der Waals surface area contributed by atoms with Gasteiger partial charge in [0.15, 0.2) is 5.82 Å². The van der Waals surface area contributed by atoms with Crippen LogP contribution in [0.5, 0.6) is 0 Å². The van der Waals surface area contributed by atoms with Crippen LogP contribution < -0.4 is 0 Å².